The van der Waals surface area contributed by atoms with Crippen molar-refractivity contribution < 1.29 is 23.9 Å². The molecule has 0 aliphatic carbocycles. The van der Waals surface area contributed by atoms with Crippen molar-refractivity contribution in [3.05, 3.63) is 36.0 Å². The van der Waals surface area contributed by atoms with Crippen molar-refractivity contribution in [3.63, 3.8) is 0 Å². The van der Waals surface area contributed by atoms with Gasteiger partial charge < -0.3 is 14.8 Å². The first-order valence-corrected chi connectivity index (χ1v) is 7.59. The Kier molecular flexibility index (Phi) is 3.79. The SMILES string of the molecule is CC(C)(C)OC(=O)n1cc(C[C@@H]2NC(=O)OC2=O)c2ccccc21. The van der Waals surface area contributed by atoms with Gasteiger partial charge in [0.25, 0.3) is 0 Å². The minimum absolute atomic E-state index is 0.237. The van der Waals surface area contributed by atoms with E-state index < -0.39 is 29.8 Å². The topological polar surface area (TPSA) is 86.6 Å². The molecule has 0 bridgehead atoms. The van der Waals surface area contributed by atoms with E-state index >= 15 is 0 Å². The van der Waals surface area contributed by atoms with E-state index in [0.717, 1.165) is 10.9 Å². The normalized spacial score (nSPS) is 17.7. The third-order valence-electron chi connectivity index (χ3n) is 3.58. The van der Waals surface area contributed by atoms with Crippen molar-refractivity contribution in [2.24, 2.45) is 0 Å². The third-order valence-corrected chi connectivity index (χ3v) is 3.58. The van der Waals surface area contributed by atoms with E-state index in [1.165, 1.54) is 4.57 Å². The van der Waals surface area contributed by atoms with Gasteiger partial charge in [-0.3, -0.25) is 4.57 Å². The predicted octanol–water partition coefficient (Wildman–Crippen LogP) is 2.60. The zero-order valence-electron chi connectivity index (χ0n) is 13.7. The Bertz CT molecular complexity index is 831. The summed E-state index contributed by atoms with van der Waals surface area (Å²) in [7, 11) is 0. The number of rotatable bonds is 2. The second-order valence-electron chi connectivity index (χ2n) is 6.63. The van der Waals surface area contributed by atoms with Crippen molar-refractivity contribution in [3.8, 4) is 0 Å². The average molecular weight is 330 g/mol. The van der Waals surface area contributed by atoms with Crippen molar-refractivity contribution in [1.29, 1.82) is 0 Å². The van der Waals surface area contributed by atoms with Crippen LogP contribution < -0.4 is 5.32 Å². The molecule has 1 saturated heterocycles. The first-order valence-electron chi connectivity index (χ1n) is 7.59. The molecule has 0 saturated carbocycles. The molecule has 2 heterocycles. The van der Waals surface area contributed by atoms with Gasteiger partial charge in [0.15, 0.2) is 0 Å². The number of nitrogens with zero attached hydrogens (tertiary/aromatic N) is 1. The molecular weight excluding hydrogens is 312 g/mol. The lowest BCUT2D eigenvalue weighted by Gasteiger charge is -2.19. The number of nitrogens with one attached hydrogen (secondary N) is 1. The summed E-state index contributed by atoms with van der Waals surface area (Å²) in [5, 5.41) is 3.27. The Balaban J connectivity index is 1.96. The van der Waals surface area contributed by atoms with Crippen molar-refractivity contribution in [2.75, 3.05) is 0 Å². The summed E-state index contributed by atoms with van der Waals surface area (Å²) in [5.41, 5.74) is 0.811. The van der Waals surface area contributed by atoms with Gasteiger partial charge in [-0.15, -0.1) is 0 Å². The zero-order chi connectivity index (χ0) is 17.5. The number of alkyl carbamates (subject to hydrolysis) is 1. The molecule has 1 aliphatic rings. The minimum Gasteiger partial charge on any atom is -0.443 e. The van der Waals surface area contributed by atoms with E-state index in [9.17, 15) is 14.4 Å². The quantitative estimate of drug-likeness (QED) is 0.675. The van der Waals surface area contributed by atoms with Crippen LogP contribution in [0.3, 0.4) is 0 Å². The van der Waals surface area contributed by atoms with Gasteiger partial charge in [0.05, 0.1) is 5.52 Å². The van der Waals surface area contributed by atoms with Crippen LogP contribution >= 0.6 is 0 Å². The fraction of sp³-hybridized carbons (Fsp3) is 0.353. The van der Waals surface area contributed by atoms with E-state index in [2.05, 4.69) is 10.1 Å². The maximum atomic E-state index is 12.4. The molecule has 1 N–H and O–H groups in total. The van der Waals surface area contributed by atoms with Crippen LogP contribution in [0.4, 0.5) is 9.59 Å². The molecule has 3 rings (SSSR count). The number of hydrogen-bond donors (Lipinski definition) is 1. The van der Waals surface area contributed by atoms with E-state index in [-0.39, 0.29) is 6.42 Å². The van der Waals surface area contributed by atoms with Gasteiger partial charge in [0.2, 0.25) is 0 Å². The van der Waals surface area contributed by atoms with Crippen LogP contribution in [0.2, 0.25) is 0 Å². The molecule has 24 heavy (non-hydrogen) atoms. The van der Waals surface area contributed by atoms with Crippen molar-refractivity contribution >= 4 is 29.1 Å². The predicted molar refractivity (Wildman–Crippen MR) is 85.7 cm³/mol. The maximum Gasteiger partial charge on any atom is 0.419 e. The van der Waals surface area contributed by atoms with E-state index in [1.54, 1.807) is 33.0 Å². The third kappa shape index (κ3) is 3.10. The number of amides is 1. The van der Waals surface area contributed by atoms with Crippen LogP contribution in [-0.2, 0) is 20.7 Å². The van der Waals surface area contributed by atoms with Crippen LogP contribution in [0.1, 0.15) is 26.3 Å². The number of benzene rings is 1. The molecule has 1 fully saturated rings. The fourth-order valence-corrected chi connectivity index (χ4v) is 2.62. The lowest BCUT2D eigenvalue weighted by molar-refractivity contribution is -0.135. The zero-order valence-corrected chi connectivity index (χ0v) is 13.7. The van der Waals surface area contributed by atoms with Gasteiger partial charge in [0, 0.05) is 18.0 Å². The van der Waals surface area contributed by atoms with Gasteiger partial charge in [-0.2, -0.15) is 0 Å². The highest BCUT2D eigenvalue weighted by Gasteiger charge is 2.33. The number of cyclic esters (lactones) is 2. The number of esters is 1. The van der Waals surface area contributed by atoms with Gasteiger partial charge >= 0.3 is 18.2 Å². The molecule has 7 heteroatoms. The van der Waals surface area contributed by atoms with Gasteiger partial charge in [-0.05, 0) is 32.4 Å². The standard InChI is InChI=1S/C17H18N2O5/c1-17(2,3)24-16(22)19-9-10(11-6-4-5-7-13(11)19)8-12-14(20)23-15(21)18-12/h4-7,9,12H,8H2,1-3H3,(H,18,21)/t12-/m0/s1. The monoisotopic (exact) mass is 330 g/mol. The molecule has 126 valence electrons. The molecule has 0 spiro atoms. The lowest BCUT2D eigenvalue weighted by atomic mass is 10.1. The highest BCUT2D eigenvalue weighted by Crippen LogP contribution is 2.24. The number of fused-ring (bicyclic) bond motifs is 1. The Morgan fingerprint density at radius 1 is 1.29 bits per heavy atom. The second-order valence-corrected chi connectivity index (χ2v) is 6.63. The average Bonchev–Trinajstić information content (AvgIpc) is 2.99. The summed E-state index contributed by atoms with van der Waals surface area (Å²) in [5.74, 6) is -0.617. The minimum atomic E-state index is -0.754. The Hall–Kier alpha value is -2.83. The van der Waals surface area contributed by atoms with E-state index in [0.29, 0.717) is 5.52 Å². The molecule has 1 aromatic carbocycles. The van der Waals surface area contributed by atoms with Gasteiger partial charge in [-0.1, -0.05) is 18.2 Å². The summed E-state index contributed by atoms with van der Waals surface area (Å²) in [4.78, 5) is 35.2. The van der Waals surface area contributed by atoms with E-state index in [4.69, 9.17) is 4.74 Å². The van der Waals surface area contributed by atoms with Crippen LogP contribution in [0.15, 0.2) is 30.5 Å². The molecular formula is C17H18N2O5. The summed E-state index contributed by atoms with van der Waals surface area (Å²) in [6.45, 7) is 5.38. The van der Waals surface area contributed by atoms with Gasteiger partial charge in [0.1, 0.15) is 11.6 Å². The first kappa shape index (κ1) is 16.0. The highest BCUT2D eigenvalue weighted by molar-refractivity contribution is 5.97. The number of ether oxygens (including phenoxy) is 2. The summed E-state index contributed by atoms with van der Waals surface area (Å²) in [6.07, 6.45) is 0.626. The molecule has 2 aromatic rings. The second kappa shape index (κ2) is 5.67. The van der Waals surface area contributed by atoms with Crippen LogP contribution in [0.5, 0.6) is 0 Å². The number of para-hydroxylation sites is 1. The van der Waals surface area contributed by atoms with E-state index in [1.807, 2.05) is 18.2 Å². The smallest absolute Gasteiger partial charge is 0.419 e. The van der Waals surface area contributed by atoms with Crippen molar-refractivity contribution in [2.45, 2.75) is 38.8 Å². The van der Waals surface area contributed by atoms with Crippen LogP contribution in [0, 0.1) is 0 Å². The van der Waals surface area contributed by atoms with Gasteiger partial charge in [-0.25, -0.2) is 14.4 Å². The largest absolute Gasteiger partial charge is 0.443 e. The summed E-state index contributed by atoms with van der Waals surface area (Å²) < 4.78 is 11.3. The first-order chi connectivity index (χ1) is 11.2. The number of aromatic nitrogens is 1. The Labute approximate surface area is 138 Å². The number of carbonyl (C=O) groups is 3. The maximum absolute atomic E-state index is 12.4. The number of hydrogen-bond acceptors (Lipinski definition) is 5. The van der Waals surface area contributed by atoms with Crippen LogP contribution in [-0.4, -0.2) is 34.4 Å². The summed E-state index contributed by atoms with van der Waals surface area (Å²) in [6, 6.07) is 6.56. The molecule has 0 radical (unpaired) electrons. The molecule has 0 unspecified atom stereocenters. The molecule has 1 aromatic heterocycles. The Morgan fingerprint density at radius 2 is 2.00 bits per heavy atom. The van der Waals surface area contributed by atoms with Crippen LogP contribution in [0.25, 0.3) is 10.9 Å². The molecule has 1 atom stereocenters. The molecule has 1 aliphatic heterocycles. The summed E-state index contributed by atoms with van der Waals surface area (Å²) >= 11 is 0. The number of carbonyl (C=O) groups excluding carboxylic acids is 3. The van der Waals surface area contributed by atoms with Crippen molar-refractivity contribution in [1.82, 2.24) is 9.88 Å². The molecule has 7 nitrogen and oxygen atoms in total. The molecule has 1 amide bonds. The highest BCUT2D eigenvalue weighted by atomic mass is 16.6. The Morgan fingerprint density at radius 3 is 2.62 bits per heavy atom. The fourth-order valence-electron chi connectivity index (χ4n) is 2.62. The lowest BCUT2D eigenvalue weighted by Crippen LogP contribution is -2.30.